The molecule has 0 saturated heterocycles. The largest absolute Gasteiger partial charge is 0.504 e. The van der Waals surface area contributed by atoms with Crippen LogP contribution in [0.5, 0.6) is 11.5 Å². The fraction of sp³-hybridized carbons (Fsp3) is 0.111. The highest BCUT2D eigenvalue weighted by Crippen LogP contribution is 2.35. The van der Waals surface area contributed by atoms with Crippen molar-refractivity contribution in [2.45, 2.75) is 0 Å². The average molecular weight is 325 g/mol. The minimum absolute atomic E-state index is 0.0246. The van der Waals surface area contributed by atoms with E-state index in [0.717, 1.165) is 0 Å². The third kappa shape index (κ3) is 2.81. The molecule has 3 aromatic rings. The van der Waals surface area contributed by atoms with Gasteiger partial charge in [0.2, 0.25) is 5.75 Å². The molecule has 6 nitrogen and oxygen atoms in total. The summed E-state index contributed by atoms with van der Waals surface area (Å²) in [6, 6.07) is 13.1. The Bertz CT molecular complexity index is 960. The van der Waals surface area contributed by atoms with E-state index in [-0.39, 0.29) is 27.9 Å². The van der Waals surface area contributed by atoms with Crippen LogP contribution in [-0.2, 0) is 0 Å². The molecule has 0 aliphatic heterocycles. The fourth-order valence-corrected chi connectivity index (χ4v) is 2.21. The van der Waals surface area contributed by atoms with Crippen LogP contribution in [0.15, 0.2) is 57.7 Å². The van der Waals surface area contributed by atoms with E-state index in [2.05, 4.69) is 0 Å². The van der Waals surface area contributed by atoms with Crippen LogP contribution in [0.1, 0.15) is 0 Å². The number of carbonyl (C=O) groups is 1. The highest BCUT2D eigenvalue weighted by Gasteiger charge is 2.19. The highest BCUT2D eigenvalue weighted by molar-refractivity contribution is 5.88. The monoisotopic (exact) mass is 325 g/mol. The Hall–Kier alpha value is -3.28. The maximum atomic E-state index is 12.4. The zero-order chi connectivity index (χ0) is 17.3. The molecule has 1 amide bonds. The van der Waals surface area contributed by atoms with Crippen molar-refractivity contribution < 1.29 is 19.1 Å². The second kappa shape index (κ2) is 6.08. The van der Waals surface area contributed by atoms with Crippen LogP contribution in [0, 0.1) is 0 Å². The van der Waals surface area contributed by atoms with Crippen molar-refractivity contribution in [1.29, 1.82) is 0 Å². The zero-order valence-corrected chi connectivity index (χ0v) is 13.1. The summed E-state index contributed by atoms with van der Waals surface area (Å²) in [5, 5.41) is 10.3. The number of nitrogens with zero attached hydrogens (tertiary/aromatic N) is 1. The van der Waals surface area contributed by atoms with Crippen LogP contribution < -0.4 is 10.2 Å². The van der Waals surface area contributed by atoms with E-state index in [1.54, 1.807) is 12.1 Å². The maximum absolute atomic E-state index is 12.4. The van der Waals surface area contributed by atoms with Gasteiger partial charge in [-0.15, -0.1) is 0 Å². The first-order valence-electron chi connectivity index (χ1n) is 7.22. The van der Waals surface area contributed by atoms with Crippen molar-refractivity contribution in [2.24, 2.45) is 0 Å². The third-order valence-electron chi connectivity index (χ3n) is 3.44. The molecule has 0 spiro atoms. The molecule has 1 aromatic heterocycles. The average Bonchev–Trinajstić information content (AvgIpc) is 2.57. The smallest absolute Gasteiger partial charge is 0.414 e. The number of carbonyl (C=O) groups excluding carboxylic acids is 1. The molecule has 122 valence electrons. The second-order valence-corrected chi connectivity index (χ2v) is 5.39. The molecule has 0 radical (unpaired) electrons. The Balaban J connectivity index is 2.24. The number of hydrogen-bond donors (Lipinski definition) is 1. The maximum Gasteiger partial charge on any atom is 0.414 e. The summed E-state index contributed by atoms with van der Waals surface area (Å²) in [5.74, 6) is -0.145. The van der Waals surface area contributed by atoms with Gasteiger partial charge < -0.3 is 19.2 Å². The van der Waals surface area contributed by atoms with E-state index in [1.165, 1.54) is 37.2 Å². The third-order valence-corrected chi connectivity index (χ3v) is 3.44. The lowest BCUT2D eigenvalue weighted by atomic mass is 10.1. The quantitative estimate of drug-likeness (QED) is 0.782. The molecule has 0 bridgehead atoms. The van der Waals surface area contributed by atoms with E-state index in [9.17, 15) is 14.7 Å². The minimum atomic E-state index is -0.689. The minimum Gasteiger partial charge on any atom is -0.504 e. The molecule has 0 aliphatic rings. The van der Waals surface area contributed by atoms with E-state index in [1.807, 2.05) is 18.2 Å². The van der Waals surface area contributed by atoms with Gasteiger partial charge in [-0.05, 0) is 12.1 Å². The van der Waals surface area contributed by atoms with Crippen molar-refractivity contribution in [1.82, 2.24) is 4.90 Å². The number of ether oxygens (including phenoxy) is 1. The molecular formula is C18H15NO5. The number of phenols is 1. The van der Waals surface area contributed by atoms with E-state index in [0.29, 0.717) is 11.3 Å². The Morgan fingerprint density at radius 3 is 2.50 bits per heavy atom. The van der Waals surface area contributed by atoms with Gasteiger partial charge in [0.15, 0.2) is 16.8 Å². The Morgan fingerprint density at radius 2 is 1.83 bits per heavy atom. The summed E-state index contributed by atoms with van der Waals surface area (Å²) in [5.41, 5.74) is 0.429. The van der Waals surface area contributed by atoms with Gasteiger partial charge in [-0.25, -0.2) is 4.79 Å². The van der Waals surface area contributed by atoms with Crippen LogP contribution in [0.25, 0.3) is 22.3 Å². The molecule has 3 rings (SSSR count). The molecule has 0 atom stereocenters. The molecule has 0 unspecified atom stereocenters. The molecule has 2 aromatic carbocycles. The van der Waals surface area contributed by atoms with Gasteiger partial charge >= 0.3 is 6.09 Å². The van der Waals surface area contributed by atoms with E-state index < -0.39 is 6.09 Å². The van der Waals surface area contributed by atoms with Crippen LogP contribution in [0.4, 0.5) is 4.79 Å². The van der Waals surface area contributed by atoms with E-state index >= 15 is 0 Å². The van der Waals surface area contributed by atoms with Gasteiger partial charge in [-0.1, -0.05) is 30.3 Å². The normalized spacial score (nSPS) is 10.6. The lowest BCUT2D eigenvalue weighted by molar-refractivity contribution is 0.170. The van der Waals surface area contributed by atoms with Crippen LogP contribution in [-0.4, -0.2) is 30.2 Å². The van der Waals surface area contributed by atoms with Crippen LogP contribution in [0.2, 0.25) is 0 Å². The number of aromatic hydroxyl groups is 1. The Morgan fingerprint density at radius 1 is 1.12 bits per heavy atom. The topological polar surface area (TPSA) is 80.0 Å². The molecule has 1 N–H and O–H groups in total. The standard InChI is InChI=1S/C18H15NO5/c1-19(2)18(22)24-17-13(20)9-8-12-14(21)10-15(23-16(12)17)11-6-4-3-5-7-11/h3-10,20H,1-2H3. The van der Waals surface area contributed by atoms with Crippen molar-refractivity contribution in [3.63, 3.8) is 0 Å². The predicted molar refractivity (Wildman–Crippen MR) is 89.3 cm³/mol. The molecule has 1 heterocycles. The molecule has 0 saturated carbocycles. The number of phenolic OH excluding ortho intramolecular Hbond substituents is 1. The number of benzene rings is 2. The summed E-state index contributed by atoms with van der Waals surface area (Å²) in [6.07, 6.45) is -0.689. The van der Waals surface area contributed by atoms with Gasteiger partial charge in [-0.2, -0.15) is 0 Å². The first-order chi connectivity index (χ1) is 11.5. The molecule has 0 fully saturated rings. The van der Waals surface area contributed by atoms with Crippen LogP contribution in [0.3, 0.4) is 0 Å². The zero-order valence-electron chi connectivity index (χ0n) is 13.1. The summed E-state index contributed by atoms with van der Waals surface area (Å²) >= 11 is 0. The summed E-state index contributed by atoms with van der Waals surface area (Å²) in [4.78, 5) is 25.4. The molecule has 0 aliphatic carbocycles. The van der Waals surface area contributed by atoms with Gasteiger partial charge in [0.1, 0.15) is 5.76 Å². The van der Waals surface area contributed by atoms with Crippen molar-refractivity contribution in [3.05, 3.63) is 58.8 Å². The number of fused-ring (bicyclic) bond motifs is 1. The highest BCUT2D eigenvalue weighted by atomic mass is 16.6. The summed E-state index contributed by atoms with van der Waals surface area (Å²) < 4.78 is 10.9. The van der Waals surface area contributed by atoms with Gasteiger partial charge in [0.25, 0.3) is 0 Å². The first-order valence-corrected chi connectivity index (χ1v) is 7.22. The lowest BCUT2D eigenvalue weighted by Crippen LogP contribution is -2.25. The van der Waals surface area contributed by atoms with Crippen molar-refractivity contribution >= 4 is 17.1 Å². The van der Waals surface area contributed by atoms with E-state index in [4.69, 9.17) is 9.15 Å². The number of hydrogen-bond acceptors (Lipinski definition) is 5. The lowest BCUT2D eigenvalue weighted by Gasteiger charge is -2.13. The fourth-order valence-electron chi connectivity index (χ4n) is 2.21. The number of amides is 1. The SMILES string of the molecule is CN(C)C(=O)Oc1c(O)ccc2c(=O)cc(-c3ccccc3)oc12. The second-order valence-electron chi connectivity index (χ2n) is 5.39. The summed E-state index contributed by atoms with van der Waals surface area (Å²) in [6.45, 7) is 0. The molecular weight excluding hydrogens is 310 g/mol. The molecule has 24 heavy (non-hydrogen) atoms. The van der Waals surface area contributed by atoms with Gasteiger partial charge in [0.05, 0.1) is 5.39 Å². The van der Waals surface area contributed by atoms with Crippen molar-refractivity contribution in [2.75, 3.05) is 14.1 Å². The molecule has 6 heteroatoms. The Kier molecular flexibility index (Phi) is 3.95. The summed E-state index contributed by atoms with van der Waals surface area (Å²) in [7, 11) is 3.02. The first kappa shape index (κ1) is 15.6. The van der Waals surface area contributed by atoms with Crippen LogP contribution >= 0.6 is 0 Å². The van der Waals surface area contributed by atoms with Crippen molar-refractivity contribution in [3.8, 4) is 22.8 Å². The predicted octanol–water partition coefficient (Wildman–Crippen LogP) is 3.23. The van der Waals surface area contributed by atoms with Gasteiger partial charge in [0, 0.05) is 25.7 Å². The van der Waals surface area contributed by atoms with Gasteiger partial charge in [-0.3, -0.25) is 4.79 Å². The number of rotatable bonds is 2. The Labute approximate surface area is 137 Å².